The summed E-state index contributed by atoms with van der Waals surface area (Å²) in [6.45, 7) is -0.147. The molecule has 0 saturated heterocycles. The molecule has 0 bridgehead atoms. The molecule has 7 heteroatoms. The molecule has 0 amide bonds. The molecule has 21 heavy (non-hydrogen) atoms. The highest BCUT2D eigenvalue weighted by Gasteiger charge is 2.24. The lowest BCUT2D eigenvalue weighted by Crippen LogP contribution is -2.27. The molecule has 0 radical (unpaired) electrons. The lowest BCUT2D eigenvalue weighted by molar-refractivity contribution is 0.456. The van der Waals surface area contributed by atoms with Crippen LogP contribution in [-0.4, -0.2) is 19.8 Å². The van der Waals surface area contributed by atoms with Gasteiger partial charge in [0.15, 0.2) is 0 Å². The number of nitrogens with zero attached hydrogens (tertiary/aromatic N) is 1. The fourth-order valence-electron chi connectivity index (χ4n) is 1.87. The molecule has 0 spiro atoms. The van der Waals surface area contributed by atoms with Gasteiger partial charge < -0.3 is 5.73 Å². The van der Waals surface area contributed by atoms with Crippen LogP contribution in [0.2, 0.25) is 0 Å². The van der Waals surface area contributed by atoms with E-state index >= 15 is 0 Å². The first-order valence-electron chi connectivity index (χ1n) is 6.07. The van der Waals surface area contributed by atoms with E-state index in [0.717, 1.165) is 22.5 Å². The number of sulfonamides is 1. The van der Waals surface area contributed by atoms with Gasteiger partial charge in [-0.2, -0.15) is 4.31 Å². The van der Waals surface area contributed by atoms with Crippen molar-refractivity contribution in [1.29, 1.82) is 0 Å². The Hall–Kier alpha value is -1.99. The summed E-state index contributed by atoms with van der Waals surface area (Å²) in [5.41, 5.74) is 5.60. The van der Waals surface area contributed by atoms with E-state index in [2.05, 4.69) is 0 Å². The van der Waals surface area contributed by atoms with Crippen molar-refractivity contribution >= 4 is 15.7 Å². The van der Waals surface area contributed by atoms with E-state index in [1.807, 2.05) is 0 Å². The van der Waals surface area contributed by atoms with Gasteiger partial charge in [0.1, 0.15) is 16.5 Å². The zero-order chi connectivity index (χ0) is 15.6. The Bertz CT molecular complexity index is 763. The highest BCUT2D eigenvalue weighted by Crippen LogP contribution is 2.23. The van der Waals surface area contributed by atoms with Crippen LogP contribution < -0.4 is 5.73 Å². The van der Waals surface area contributed by atoms with E-state index in [-0.39, 0.29) is 22.7 Å². The van der Waals surface area contributed by atoms with Crippen molar-refractivity contribution < 1.29 is 17.2 Å². The largest absolute Gasteiger partial charge is 0.398 e. The average molecular weight is 312 g/mol. The number of halogens is 2. The fourth-order valence-corrected chi connectivity index (χ4v) is 3.12. The van der Waals surface area contributed by atoms with E-state index in [4.69, 9.17) is 5.73 Å². The number of nitrogens with two attached hydrogens (primary N) is 1. The number of rotatable bonds is 4. The molecular formula is C14H14F2N2O2S. The SMILES string of the molecule is CN(Cc1ccccc1F)S(=O)(=O)c1ccc(F)cc1N. The van der Waals surface area contributed by atoms with Crippen molar-refractivity contribution in [2.24, 2.45) is 0 Å². The number of hydrogen-bond acceptors (Lipinski definition) is 3. The number of nitrogen functional groups attached to an aromatic ring is 1. The molecule has 0 atom stereocenters. The predicted octanol–water partition coefficient (Wildman–Crippen LogP) is 2.37. The van der Waals surface area contributed by atoms with Crippen molar-refractivity contribution in [3.63, 3.8) is 0 Å². The fraction of sp³-hybridized carbons (Fsp3) is 0.143. The van der Waals surface area contributed by atoms with E-state index in [1.54, 1.807) is 6.07 Å². The minimum absolute atomic E-state index is 0.147. The van der Waals surface area contributed by atoms with Crippen LogP contribution in [0.5, 0.6) is 0 Å². The molecule has 4 nitrogen and oxygen atoms in total. The topological polar surface area (TPSA) is 63.4 Å². The van der Waals surface area contributed by atoms with Crippen molar-refractivity contribution in [1.82, 2.24) is 4.31 Å². The summed E-state index contributed by atoms with van der Waals surface area (Å²) < 4.78 is 52.3. The third-order valence-corrected chi connectivity index (χ3v) is 4.89. The van der Waals surface area contributed by atoms with Gasteiger partial charge in [-0.05, 0) is 24.3 Å². The van der Waals surface area contributed by atoms with Crippen LogP contribution in [0.4, 0.5) is 14.5 Å². The monoisotopic (exact) mass is 312 g/mol. The highest BCUT2D eigenvalue weighted by atomic mass is 32.2. The van der Waals surface area contributed by atoms with Crippen LogP contribution in [0, 0.1) is 11.6 Å². The van der Waals surface area contributed by atoms with Gasteiger partial charge in [-0.15, -0.1) is 0 Å². The molecule has 0 aliphatic heterocycles. The van der Waals surface area contributed by atoms with E-state index in [9.17, 15) is 17.2 Å². The Kier molecular flexibility index (Phi) is 4.24. The lowest BCUT2D eigenvalue weighted by Gasteiger charge is -2.18. The van der Waals surface area contributed by atoms with E-state index in [1.165, 1.54) is 25.2 Å². The van der Waals surface area contributed by atoms with Gasteiger partial charge in [0.25, 0.3) is 0 Å². The van der Waals surface area contributed by atoms with Gasteiger partial charge in [0.2, 0.25) is 10.0 Å². The second-order valence-electron chi connectivity index (χ2n) is 4.53. The molecule has 2 aromatic rings. The molecule has 112 valence electrons. The van der Waals surface area contributed by atoms with Crippen LogP contribution in [-0.2, 0) is 16.6 Å². The smallest absolute Gasteiger partial charge is 0.245 e. The quantitative estimate of drug-likeness (QED) is 0.882. The molecular weight excluding hydrogens is 298 g/mol. The Labute approximate surface area is 121 Å². The minimum Gasteiger partial charge on any atom is -0.398 e. The van der Waals surface area contributed by atoms with E-state index in [0.29, 0.717) is 0 Å². The zero-order valence-corrected chi connectivity index (χ0v) is 12.1. The van der Waals surface area contributed by atoms with Crippen molar-refractivity contribution in [3.8, 4) is 0 Å². The van der Waals surface area contributed by atoms with Gasteiger partial charge in [0.05, 0.1) is 5.69 Å². The summed E-state index contributed by atoms with van der Waals surface area (Å²) in [7, 11) is -2.62. The summed E-state index contributed by atoms with van der Waals surface area (Å²) in [6, 6.07) is 8.93. The first kappa shape index (κ1) is 15.4. The highest BCUT2D eigenvalue weighted by molar-refractivity contribution is 7.89. The Morgan fingerprint density at radius 1 is 1.14 bits per heavy atom. The molecule has 0 aromatic heterocycles. The average Bonchev–Trinajstić information content (AvgIpc) is 2.40. The van der Waals surface area contributed by atoms with Crippen molar-refractivity contribution in [2.75, 3.05) is 12.8 Å². The van der Waals surface area contributed by atoms with Crippen LogP contribution in [0.3, 0.4) is 0 Å². The van der Waals surface area contributed by atoms with Gasteiger partial charge in [-0.3, -0.25) is 0 Å². The standard InChI is InChI=1S/C14H14F2N2O2S/c1-18(9-10-4-2-3-5-12(10)16)21(19,20)14-7-6-11(15)8-13(14)17/h2-8H,9,17H2,1H3. The summed E-state index contributed by atoms with van der Waals surface area (Å²) >= 11 is 0. The predicted molar refractivity (Wildman–Crippen MR) is 75.9 cm³/mol. The molecule has 2 rings (SSSR count). The molecule has 0 saturated carbocycles. The maximum atomic E-state index is 13.6. The lowest BCUT2D eigenvalue weighted by atomic mass is 10.2. The third-order valence-electron chi connectivity index (χ3n) is 3.01. The van der Waals surface area contributed by atoms with Gasteiger partial charge in [-0.25, -0.2) is 17.2 Å². The first-order valence-corrected chi connectivity index (χ1v) is 7.51. The Morgan fingerprint density at radius 2 is 1.81 bits per heavy atom. The number of benzene rings is 2. The summed E-state index contributed by atoms with van der Waals surface area (Å²) in [6.07, 6.45) is 0. The minimum atomic E-state index is -3.93. The summed E-state index contributed by atoms with van der Waals surface area (Å²) in [5, 5.41) is 0. The zero-order valence-electron chi connectivity index (χ0n) is 11.3. The van der Waals surface area contributed by atoms with Gasteiger partial charge >= 0.3 is 0 Å². The second-order valence-corrected chi connectivity index (χ2v) is 6.55. The normalized spacial score (nSPS) is 11.8. The van der Waals surface area contributed by atoms with Crippen LogP contribution in [0.1, 0.15) is 5.56 Å². The Morgan fingerprint density at radius 3 is 2.43 bits per heavy atom. The molecule has 2 N–H and O–H groups in total. The number of hydrogen-bond donors (Lipinski definition) is 1. The second kappa shape index (κ2) is 5.79. The van der Waals surface area contributed by atoms with Crippen LogP contribution >= 0.6 is 0 Å². The maximum Gasteiger partial charge on any atom is 0.245 e. The van der Waals surface area contributed by atoms with Crippen LogP contribution in [0.15, 0.2) is 47.4 Å². The third kappa shape index (κ3) is 3.20. The maximum absolute atomic E-state index is 13.6. The van der Waals surface area contributed by atoms with Crippen molar-refractivity contribution in [2.45, 2.75) is 11.4 Å². The summed E-state index contributed by atoms with van der Waals surface area (Å²) in [5.74, 6) is -1.12. The number of anilines is 1. The summed E-state index contributed by atoms with van der Waals surface area (Å²) in [4.78, 5) is -0.206. The van der Waals surface area contributed by atoms with Crippen molar-refractivity contribution in [3.05, 3.63) is 59.7 Å². The molecule has 2 aromatic carbocycles. The molecule has 0 fully saturated rings. The van der Waals surface area contributed by atoms with Gasteiger partial charge in [-0.1, -0.05) is 18.2 Å². The van der Waals surface area contributed by atoms with Gasteiger partial charge in [0, 0.05) is 19.2 Å². The molecule has 0 aliphatic carbocycles. The first-order chi connectivity index (χ1) is 9.82. The van der Waals surface area contributed by atoms with E-state index < -0.39 is 21.7 Å². The van der Waals surface area contributed by atoms with Crippen LogP contribution in [0.25, 0.3) is 0 Å². The molecule has 0 aliphatic rings. The molecule has 0 heterocycles. The molecule has 0 unspecified atom stereocenters. The Balaban J connectivity index is 2.33.